The summed E-state index contributed by atoms with van der Waals surface area (Å²) in [4.78, 5) is 38.9. The number of benzene rings is 1. The van der Waals surface area contributed by atoms with Crippen LogP contribution in [0.2, 0.25) is 0 Å². The summed E-state index contributed by atoms with van der Waals surface area (Å²) >= 11 is 3.20. The number of aryl methyl sites for hydroxylation is 1. The van der Waals surface area contributed by atoms with Crippen molar-refractivity contribution in [2.45, 2.75) is 26.3 Å². The lowest BCUT2D eigenvalue weighted by Gasteiger charge is -2.14. The molecule has 1 aromatic carbocycles. The van der Waals surface area contributed by atoms with Crippen molar-refractivity contribution in [2.75, 3.05) is 0 Å². The number of ether oxygens (including phenoxy) is 1. The zero-order valence-corrected chi connectivity index (χ0v) is 18.7. The van der Waals surface area contributed by atoms with Crippen molar-refractivity contribution in [2.24, 2.45) is 0 Å². The molecule has 2 heterocycles. The third kappa shape index (κ3) is 7.23. The second kappa shape index (κ2) is 11.0. The molecule has 0 amide bonds. The summed E-state index contributed by atoms with van der Waals surface area (Å²) in [7, 11) is 0. The molecule has 8 nitrogen and oxygen atoms in total. The number of aromatic nitrogens is 3. The number of alkyl halides is 3. The van der Waals surface area contributed by atoms with E-state index in [2.05, 4.69) is 25.9 Å². The Bertz CT molecular complexity index is 1310. The number of carbonyl (C=O) groups is 1. The molecule has 0 aliphatic carbocycles. The maximum atomic E-state index is 13.7. The lowest BCUT2D eigenvalue weighted by molar-refractivity contribution is -0.192. The predicted octanol–water partition coefficient (Wildman–Crippen LogP) is 3.54. The summed E-state index contributed by atoms with van der Waals surface area (Å²) in [5, 5.41) is 7.12. The fourth-order valence-corrected chi connectivity index (χ4v) is 2.92. The number of carboxylic acids is 1. The number of nitrogens with zero attached hydrogens (tertiary/aromatic N) is 2. The minimum atomic E-state index is -5.08. The molecule has 0 aliphatic rings. The minimum Gasteiger partial charge on any atom is -0.487 e. The summed E-state index contributed by atoms with van der Waals surface area (Å²) in [6.45, 7) is 1.69. The molecule has 0 saturated heterocycles. The fourth-order valence-electron chi connectivity index (χ4n) is 2.48. The largest absolute Gasteiger partial charge is 0.490 e. The number of halogens is 6. The summed E-state index contributed by atoms with van der Waals surface area (Å²) < 4.78 is 65.6. The Hall–Kier alpha value is -3.55. The summed E-state index contributed by atoms with van der Waals surface area (Å²) in [5.74, 6) is -3.92. The molecule has 34 heavy (non-hydrogen) atoms. The molecule has 0 fully saturated rings. The van der Waals surface area contributed by atoms with Crippen molar-refractivity contribution in [1.29, 1.82) is 0 Å². The Morgan fingerprint density at radius 3 is 2.41 bits per heavy atom. The maximum absolute atomic E-state index is 13.7. The van der Waals surface area contributed by atoms with E-state index in [1.165, 1.54) is 16.8 Å². The van der Waals surface area contributed by atoms with Gasteiger partial charge >= 0.3 is 17.8 Å². The van der Waals surface area contributed by atoms with Crippen LogP contribution in [0.5, 0.6) is 5.75 Å². The van der Waals surface area contributed by atoms with Gasteiger partial charge in [0.15, 0.2) is 0 Å². The van der Waals surface area contributed by atoms with Crippen molar-refractivity contribution in [3.8, 4) is 5.75 Å². The standard InChI is InChI=1S/C18H14BrF2N3O3.C2HF3O2/c1-10-6-15(27-9-11-2-3-12(20)7-14(11)21)16(19)17(25)24(10)8-13-4-5-22-18(26)23-13;3-2(4,5)1(6)7/h2-7H,8-9H2,1H3,(H,22,23,26);(H,6,7). The quantitative estimate of drug-likeness (QED) is 0.469. The first-order chi connectivity index (χ1) is 15.8. The van der Waals surface area contributed by atoms with Gasteiger partial charge in [0.25, 0.3) is 5.56 Å². The van der Waals surface area contributed by atoms with Crippen LogP contribution < -0.4 is 16.0 Å². The average Bonchev–Trinajstić information content (AvgIpc) is 2.73. The number of hydrogen-bond acceptors (Lipinski definition) is 5. The van der Waals surface area contributed by atoms with E-state index in [0.29, 0.717) is 11.4 Å². The van der Waals surface area contributed by atoms with Gasteiger partial charge in [-0.25, -0.2) is 23.4 Å². The third-order valence-corrected chi connectivity index (χ3v) is 4.85. The van der Waals surface area contributed by atoms with E-state index in [4.69, 9.17) is 14.6 Å². The number of pyridine rings is 1. The summed E-state index contributed by atoms with van der Waals surface area (Å²) in [6, 6.07) is 6.41. The Kier molecular flexibility index (Phi) is 8.68. The number of hydrogen-bond donors (Lipinski definition) is 2. The second-order valence-corrected chi connectivity index (χ2v) is 7.38. The van der Waals surface area contributed by atoms with Gasteiger partial charge < -0.3 is 19.4 Å². The van der Waals surface area contributed by atoms with Gasteiger partial charge in [-0.15, -0.1) is 0 Å². The fraction of sp³-hybridized carbons (Fsp3) is 0.200. The molecule has 0 unspecified atom stereocenters. The SMILES string of the molecule is Cc1cc(OCc2ccc(F)cc2F)c(Br)c(=O)n1Cc1ccnc(=O)[nH]1.O=C(O)C(F)(F)F. The number of H-pyrrole nitrogens is 1. The monoisotopic (exact) mass is 551 g/mol. The van der Waals surface area contributed by atoms with E-state index in [1.807, 2.05) is 0 Å². The first kappa shape index (κ1) is 26.7. The van der Waals surface area contributed by atoms with Gasteiger partial charge in [-0.2, -0.15) is 13.2 Å². The predicted molar refractivity (Wildman–Crippen MR) is 111 cm³/mol. The number of rotatable bonds is 5. The highest BCUT2D eigenvalue weighted by molar-refractivity contribution is 9.10. The van der Waals surface area contributed by atoms with E-state index < -0.39 is 29.5 Å². The minimum absolute atomic E-state index is 0.147. The molecule has 0 spiro atoms. The topological polar surface area (TPSA) is 114 Å². The molecule has 0 bridgehead atoms. The average molecular weight is 552 g/mol. The molecule has 14 heteroatoms. The van der Waals surface area contributed by atoms with Crippen molar-refractivity contribution in [3.63, 3.8) is 0 Å². The highest BCUT2D eigenvalue weighted by Crippen LogP contribution is 2.24. The van der Waals surface area contributed by atoms with Gasteiger partial charge in [0.05, 0.1) is 6.54 Å². The molecule has 182 valence electrons. The van der Waals surface area contributed by atoms with E-state index in [0.717, 1.165) is 12.1 Å². The van der Waals surface area contributed by atoms with Crippen LogP contribution in [0.1, 0.15) is 17.0 Å². The second-order valence-electron chi connectivity index (χ2n) is 6.58. The van der Waals surface area contributed by atoms with Crippen molar-refractivity contribution < 1.29 is 36.6 Å². The van der Waals surface area contributed by atoms with Gasteiger partial charge in [0, 0.05) is 35.3 Å². The van der Waals surface area contributed by atoms with E-state index >= 15 is 0 Å². The lowest BCUT2D eigenvalue weighted by atomic mass is 10.2. The zero-order valence-electron chi connectivity index (χ0n) is 17.1. The summed E-state index contributed by atoms with van der Waals surface area (Å²) in [5.41, 5.74) is 0.393. The van der Waals surface area contributed by atoms with E-state index in [9.17, 15) is 31.5 Å². The first-order valence-electron chi connectivity index (χ1n) is 9.10. The molecule has 2 aromatic heterocycles. The van der Waals surface area contributed by atoms with Crippen molar-refractivity contribution >= 4 is 21.9 Å². The summed E-state index contributed by atoms with van der Waals surface area (Å²) in [6.07, 6.45) is -3.72. The van der Waals surface area contributed by atoms with Crippen LogP contribution in [-0.4, -0.2) is 31.8 Å². The molecule has 2 N–H and O–H groups in total. The van der Waals surface area contributed by atoms with E-state index in [-0.39, 0.29) is 34.5 Å². The van der Waals surface area contributed by atoms with Crippen LogP contribution in [0.15, 0.2) is 50.6 Å². The number of nitrogens with one attached hydrogen (secondary N) is 1. The molecule has 0 saturated carbocycles. The Morgan fingerprint density at radius 2 is 1.85 bits per heavy atom. The molecule has 3 rings (SSSR count). The third-order valence-electron chi connectivity index (χ3n) is 4.12. The number of aromatic amines is 1. The van der Waals surface area contributed by atoms with E-state index in [1.54, 1.807) is 19.1 Å². The van der Waals surface area contributed by atoms with Gasteiger partial charge in [0.2, 0.25) is 0 Å². The van der Waals surface area contributed by atoms with Gasteiger partial charge in [-0.1, -0.05) is 0 Å². The Balaban J connectivity index is 0.000000509. The number of aliphatic carboxylic acids is 1. The molecular weight excluding hydrogens is 537 g/mol. The van der Waals surface area contributed by atoms with Crippen LogP contribution >= 0.6 is 15.9 Å². The highest BCUT2D eigenvalue weighted by atomic mass is 79.9. The first-order valence-corrected chi connectivity index (χ1v) is 9.90. The number of carboxylic acid groups (broad SMARTS) is 1. The molecular formula is C20H15BrF5N3O5. The smallest absolute Gasteiger partial charge is 0.487 e. The highest BCUT2D eigenvalue weighted by Gasteiger charge is 2.38. The van der Waals surface area contributed by atoms with Gasteiger partial charge in [0.1, 0.15) is 28.5 Å². The Morgan fingerprint density at radius 1 is 1.21 bits per heavy atom. The van der Waals surface area contributed by atoms with Crippen LogP contribution in [-0.2, 0) is 17.9 Å². The molecule has 0 radical (unpaired) electrons. The zero-order chi connectivity index (χ0) is 25.6. The molecule has 0 aliphatic heterocycles. The lowest BCUT2D eigenvalue weighted by Crippen LogP contribution is -2.25. The van der Waals surface area contributed by atoms with Crippen molar-refractivity contribution in [3.05, 3.63) is 90.4 Å². The van der Waals surface area contributed by atoms with Gasteiger partial charge in [-0.05, 0) is 41.1 Å². The van der Waals surface area contributed by atoms with Crippen LogP contribution in [0.4, 0.5) is 22.0 Å². The van der Waals surface area contributed by atoms with Crippen LogP contribution in [0.25, 0.3) is 0 Å². The maximum Gasteiger partial charge on any atom is 0.490 e. The normalized spacial score (nSPS) is 10.9. The molecule has 3 aromatic rings. The van der Waals surface area contributed by atoms with Crippen molar-refractivity contribution in [1.82, 2.24) is 14.5 Å². The van der Waals surface area contributed by atoms with Crippen LogP contribution in [0, 0.1) is 18.6 Å². The Labute approximate surface area is 195 Å². The van der Waals surface area contributed by atoms with Gasteiger partial charge in [-0.3, -0.25) is 4.79 Å². The molecule has 0 atom stereocenters. The van der Waals surface area contributed by atoms with Crippen LogP contribution in [0.3, 0.4) is 0 Å².